The number of hydrogen-bond donors (Lipinski definition) is 1. The molecule has 2 aliphatic rings. The predicted molar refractivity (Wildman–Crippen MR) is 59.9 cm³/mol. The van der Waals surface area contributed by atoms with Gasteiger partial charge >= 0.3 is 0 Å². The van der Waals surface area contributed by atoms with Crippen molar-refractivity contribution in [3.05, 3.63) is 0 Å². The van der Waals surface area contributed by atoms with Gasteiger partial charge in [-0.1, -0.05) is 26.7 Å². The first-order valence-corrected chi connectivity index (χ1v) is 5.69. The second kappa shape index (κ2) is 3.00. The van der Waals surface area contributed by atoms with Gasteiger partial charge in [0.25, 0.3) is 0 Å². The summed E-state index contributed by atoms with van der Waals surface area (Å²) >= 11 is 0. The fourth-order valence-corrected chi connectivity index (χ4v) is 3.69. The molecule has 2 saturated carbocycles. The highest BCUT2D eigenvalue weighted by Crippen LogP contribution is 2.65. The lowest BCUT2D eigenvalue weighted by atomic mass is 9.69. The summed E-state index contributed by atoms with van der Waals surface area (Å²) in [4.78, 5) is 0. The molecule has 0 aromatic carbocycles. The van der Waals surface area contributed by atoms with E-state index in [0.717, 1.165) is 12.5 Å². The van der Waals surface area contributed by atoms with Crippen molar-refractivity contribution in [1.29, 1.82) is 0 Å². The Morgan fingerprint density at radius 1 is 1.43 bits per heavy atom. The number of rotatable bonds is 2. The molecule has 1 heteroatoms. The lowest BCUT2D eigenvalue weighted by molar-refractivity contribution is 0.123. The zero-order chi connectivity index (χ0) is 10.4. The second-order valence-corrected chi connectivity index (χ2v) is 5.75. The van der Waals surface area contributed by atoms with Crippen molar-refractivity contribution in [1.82, 2.24) is 5.32 Å². The van der Waals surface area contributed by atoms with Crippen LogP contribution in [-0.4, -0.2) is 12.6 Å². The number of hydrogen-bond acceptors (Lipinski definition) is 1. The Hall–Kier alpha value is -0.480. The normalized spacial score (nSPS) is 43.9. The summed E-state index contributed by atoms with van der Waals surface area (Å²) in [6, 6.07) is 0.646. The quantitative estimate of drug-likeness (QED) is 0.661. The fraction of sp³-hybridized carbons (Fsp3) is 0.846. The van der Waals surface area contributed by atoms with Gasteiger partial charge in [-0.25, -0.2) is 0 Å². The van der Waals surface area contributed by atoms with Gasteiger partial charge in [0.2, 0.25) is 0 Å². The molecule has 0 aliphatic heterocycles. The topological polar surface area (TPSA) is 12.0 Å². The van der Waals surface area contributed by atoms with E-state index in [1.165, 1.54) is 19.3 Å². The monoisotopic (exact) mass is 191 g/mol. The van der Waals surface area contributed by atoms with E-state index >= 15 is 0 Å². The first-order valence-electron chi connectivity index (χ1n) is 5.69. The van der Waals surface area contributed by atoms with Crippen LogP contribution in [0.3, 0.4) is 0 Å². The fourth-order valence-electron chi connectivity index (χ4n) is 3.69. The van der Waals surface area contributed by atoms with Crippen molar-refractivity contribution < 1.29 is 0 Å². The molecule has 0 heterocycles. The summed E-state index contributed by atoms with van der Waals surface area (Å²) < 4.78 is 0. The zero-order valence-corrected chi connectivity index (χ0v) is 9.56. The number of nitrogens with one attached hydrogen (secondary N) is 1. The van der Waals surface area contributed by atoms with Gasteiger partial charge in [0.15, 0.2) is 0 Å². The molecule has 78 valence electrons. The molecular formula is C13H21N. The summed E-state index contributed by atoms with van der Waals surface area (Å²) in [6.07, 6.45) is 9.41. The van der Waals surface area contributed by atoms with Crippen molar-refractivity contribution in [2.45, 2.75) is 46.1 Å². The van der Waals surface area contributed by atoms with E-state index in [1.54, 1.807) is 0 Å². The molecule has 0 radical (unpaired) electrons. The maximum Gasteiger partial charge on any atom is 0.0576 e. The Morgan fingerprint density at radius 3 is 2.57 bits per heavy atom. The van der Waals surface area contributed by atoms with Crippen LogP contribution >= 0.6 is 0 Å². The summed E-state index contributed by atoms with van der Waals surface area (Å²) in [5.74, 6) is 3.59. The van der Waals surface area contributed by atoms with Gasteiger partial charge in [0.1, 0.15) is 0 Å². The molecule has 2 fully saturated rings. The SMILES string of the molecule is C#CCNC1CC2CC[C@]1(C)C2(C)C. The average molecular weight is 191 g/mol. The minimum absolute atomic E-state index is 0.467. The highest BCUT2D eigenvalue weighted by Gasteiger charge is 2.60. The van der Waals surface area contributed by atoms with Crippen LogP contribution in [0.1, 0.15) is 40.0 Å². The molecule has 0 aromatic rings. The lowest BCUT2D eigenvalue weighted by Gasteiger charge is -2.39. The van der Waals surface area contributed by atoms with E-state index in [1.807, 2.05) is 0 Å². The predicted octanol–water partition coefficient (Wildman–Crippen LogP) is 2.42. The van der Waals surface area contributed by atoms with Crippen LogP contribution in [0.5, 0.6) is 0 Å². The highest BCUT2D eigenvalue weighted by atomic mass is 15.0. The Labute approximate surface area is 87.7 Å². The highest BCUT2D eigenvalue weighted by molar-refractivity contribution is 5.13. The first kappa shape index (κ1) is 10.1. The minimum Gasteiger partial charge on any atom is -0.303 e. The van der Waals surface area contributed by atoms with E-state index in [9.17, 15) is 0 Å². The van der Waals surface area contributed by atoms with Gasteiger partial charge in [0.05, 0.1) is 6.54 Å². The van der Waals surface area contributed by atoms with Gasteiger partial charge in [-0.2, -0.15) is 0 Å². The molecule has 2 rings (SSSR count). The van der Waals surface area contributed by atoms with E-state index in [2.05, 4.69) is 32.0 Å². The van der Waals surface area contributed by atoms with Crippen molar-refractivity contribution in [3.63, 3.8) is 0 Å². The molecular weight excluding hydrogens is 170 g/mol. The van der Waals surface area contributed by atoms with Crippen molar-refractivity contribution >= 4 is 0 Å². The Balaban J connectivity index is 2.15. The number of terminal acetylenes is 1. The lowest BCUT2D eigenvalue weighted by Crippen LogP contribution is -2.44. The average Bonchev–Trinajstić information content (AvgIpc) is 2.46. The summed E-state index contributed by atoms with van der Waals surface area (Å²) in [6.45, 7) is 8.03. The molecule has 1 N–H and O–H groups in total. The van der Waals surface area contributed by atoms with Crippen molar-refractivity contribution in [2.75, 3.05) is 6.54 Å². The standard InChI is InChI=1S/C13H21N/c1-5-8-14-11-9-10-6-7-13(11,4)12(10,2)3/h1,10-11,14H,6-9H2,2-4H3/t10?,11?,13-/m0/s1. The van der Waals surface area contributed by atoms with Crippen LogP contribution < -0.4 is 5.32 Å². The summed E-state index contributed by atoms with van der Waals surface area (Å²) in [5, 5.41) is 3.52. The van der Waals surface area contributed by atoms with Gasteiger partial charge in [0, 0.05) is 6.04 Å². The van der Waals surface area contributed by atoms with Crippen LogP contribution in [0.25, 0.3) is 0 Å². The second-order valence-electron chi connectivity index (χ2n) is 5.75. The maximum absolute atomic E-state index is 5.30. The van der Waals surface area contributed by atoms with Crippen LogP contribution in [0.2, 0.25) is 0 Å². The third kappa shape index (κ3) is 1.07. The summed E-state index contributed by atoms with van der Waals surface area (Å²) in [7, 11) is 0. The van der Waals surface area contributed by atoms with Gasteiger partial charge in [-0.05, 0) is 36.0 Å². The summed E-state index contributed by atoms with van der Waals surface area (Å²) in [5.41, 5.74) is 0.966. The molecule has 14 heavy (non-hydrogen) atoms. The zero-order valence-electron chi connectivity index (χ0n) is 9.56. The third-order valence-electron chi connectivity index (χ3n) is 5.24. The maximum atomic E-state index is 5.30. The van der Waals surface area contributed by atoms with Crippen LogP contribution in [0.15, 0.2) is 0 Å². The molecule has 3 atom stereocenters. The molecule has 2 bridgehead atoms. The number of fused-ring (bicyclic) bond motifs is 2. The van der Waals surface area contributed by atoms with Crippen molar-refractivity contribution in [2.24, 2.45) is 16.7 Å². The molecule has 1 nitrogen and oxygen atoms in total. The molecule has 2 unspecified atom stereocenters. The van der Waals surface area contributed by atoms with Crippen LogP contribution in [0.4, 0.5) is 0 Å². The largest absolute Gasteiger partial charge is 0.303 e. The van der Waals surface area contributed by atoms with E-state index in [4.69, 9.17) is 6.42 Å². The van der Waals surface area contributed by atoms with Crippen LogP contribution in [0, 0.1) is 29.1 Å². The smallest absolute Gasteiger partial charge is 0.0576 e. The molecule has 0 aromatic heterocycles. The Morgan fingerprint density at radius 2 is 2.14 bits per heavy atom. The molecule has 0 spiro atoms. The van der Waals surface area contributed by atoms with Crippen LogP contribution in [-0.2, 0) is 0 Å². The van der Waals surface area contributed by atoms with Crippen molar-refractivity contribution in [3.8, 4) is 12.3 Å². The molecule has 0 saturated heterocycles. The molecule has 0 amide bonds. The van der Waals surface area contributed by atoms with E-state index in [0.29, 0.717) is 16.9 Å². The van der Waals surface area contributed by atoms with Gasteiger partial charge in [-0.3, -0.25) is 0 Å². The van der Waals surface area contributed by atoms with E-state index < -0.39 is 0 Å². The molecule has 2 aliphatic carbocycles. The van der Waals surface area contributed by atoms with Gasteiger partial charge in [-0.15, -0.1) is 6.42 Å². The Bertz CT molecular complexity index is 273. The van der Waals surface area contributed by atoms with E-state index in [-0.39, 0.29) is 0 Å². The Kier molecular flexibility index (Phi) is 2.16. The van der Waals surface area contributed by atoms with Gasteiger partial charge < -0.3 is 5.32 Å². The first-order chi connectivity index (χ1) is 6.52. The minimum atomic E-state index is 0.467. The third-order valence-corrected chi connectivity index (χ3v) is 5.24.